The Labute approximate surface area is 213 Å². The predicted octanol–water partition coefficient (Wildman–Crippen LogP) is 5.86. The minimum atomic E-state index is -1.07. The second kappa shape index (κ2) is 10.00. The maximum atomic E-state index is 14.1. The number of benzene rings is 2. The van der Waals surface area contributed by atoms with Gasteiger partial charge in [-0.2, -0.15) is 0 Å². The third-order valence-corrected chi connectivity index (χ3v) is 8.03. The lowest BCUT2D eigenvalue weighted by molar-refractivity contribution is -0.127. The number of carbonyl (C=O) groups is 2. The number of amides is 2. The van der Waals surface area contributed by atoms with Crippen molar-refractivity contribution in [1.82, 2.24) is 9.88 Å². The summed E-state index contributed by atoms with van der Waals surface area (Å²) in [6.45, 7) is 4.39. The van der Waals surface area contributed by atoms with E-state index in [1.165, 1.54) is 24.8 Å². The molecule has 1 aromatic heterocycles. The molecule has 6 nitrogen and oxygen atoms in total. The molecule has 1 unspecified atom stereocenters. The molecule has 3 aromatic rings. The lowest BCUT2D eigenvalue weighted by Gasteiger charge is -2.44. The molecule has 0 radical (unpaired) electrons. The molecule has 0 saturated heterocycles. The lowest BCUT2D eigenvalue weighted by atomic mass is 9.91. The molecule has 1 aliphatic carbocycles. The van der Waals surface area contributed by atoms with Gasteiger partial charge in [0.05, 0.1) is 19.2 Å². The van der Waals surface area contributed by atoms with Gasteiger partial charge in [0.15, 0.2) is 0 Å². The third-order valence-electron chi connectivity index (χ3n) is 8.03. The summed E-state index contributed by atoms with van der Waals surface area (Å²) < 4.78 is 7.45. The van der Waals surface area contributed by atoms with Crippen LogP contribution in [0.5, 0.6) is 5.75 Å². The summed E-state index contributed by atoms with van der Waals surface area (Å²) in [5, 5.41) is 4.33. The quantitative estimate of drug-likeness (QED) is 0.490. The fourth-order valence-corrected chi connectivity index (χ4v) is 5.82. The molecule has 2 aliphatic rings. The molecule has 2 heterocycles. The molecule has 2 aromatic carbocycles. The van der Waals surface area contributed by atoms with Gasteiger partial charge in [-0.15, -0.1) is 0 Å². The molecule has 1 fully saturated rings. The second-order valence-electron chi connectivity index (χ2n) is 10.5. The Morgan fingerprint density at radius 1 is 1.03 bits per heavy atom. The Morgan fingerprint density at radius 3 is 2.39 bits per heavy atom. The van der Waals surface area contributed by atoms with Crippen molar-refractivity contribution in [3.05, 3.63) is 59.8 Å². The summed E-state index contributed by atoms with van der Waals surface area (Å²) in [6.07, 6.45) is 8.90. The maximum Gasteiger partial charge on any atom is 0.275 e. The molecular formula is C30H37N3O3. The summed E-state index contributed by atoms with van der Waals surface area (Å²) in [5.74, 6) is 0.487. The van der Waals surface area contributed by atoms with Gasteiger partial charge in [0.1, 0.15) is 17.0 Å². The van der Waals surface area contributed by atoms with Crippen LogP contribution in [0.15, 0.2) is 48.5 Å². The van der Waals surface area contributed by atoms with E-state index >= 15 is 0 Å². The van der Waals surface area contributed by atoms with Crippen LogP contribution in [0.1, 0.15) is 74.8 Å². The zero-order valence-corrected chi connectivity index (χ0v) is 21.7. The molecule has 1 aliphatic heterocycles. The van der Waals surface area contributed by atoms with Gasteiger partial charge in [-0.05, 0) is 62.1 Å². The van der Waals surface area contributed by atoms with Crippen LogP contribution in [0, 0.1) is 0 Å². The van der Waals surface area contributed by atoms with E-state index in [1.54, 1.807) is 12.0 Å². The van der Waals surface area contributed by atoms with Gasteiger partial charge in [0, 0.05) is 23.2 Å². The summed E-state index contributed by atoms with van der Waals surface area (Å²) in [4.78, 5) is 29.9. The number of fused-ring (bicyclic) bond motifs is 3. The summed E-state index contributed by atoms with van der Waals surface area (Å²) >= 11 is 0. The molecule has 0 bridgehead atoms. The number of aromatic nitrogens is 1. The largest absolute Gasteiger partial charge is 0.497 e. The number of ether oxygens (including phenoxy) is 1. The topological polar surface area (TPSA) is 63.6 Å². The van der Waals surface area contributed by atoms with Crippen molar-refractivity contribution < 1.29 is 14.3 Å². The van der Waals surface area contributed by atoms with Crippen molar-refractivity contribution >= 4 is 28.4 Å². The maximum absolute atomic E-state index is 14.1. The standard InChI is InChI=1S/C30H37N3O3/c1-4-21-12-15-24(16-13-21)33-28(34)27-18-22-14-17-25(36-3)19-26(22)32(27)20-30(33,2)29(35)31-23-10-8-6-5-7-9-11-23/h12-19,23H,4-11,20H2,1-3H3,(H,31,35). The van der Waals surface area contributed by atoms with Crippen LogP contribution in [0.4, 0.5) is 5.69 Å². The van der Waals surface area contributed by atoms with Crippen molar-refractivity contribution in [2.24, 2.45) is 0 Å². The summed E-state index contributed by atoms with van der Waals surface area (Å²) in [6, 6.07) is 15.9. The Morgan fingerprint density at radius 2 is 1.72 bits per heavy atom. The number of methoxy groups -OCH3 is 1. The predicted molar refractivity (Wildman–Crippen MR) is 144 cm³/mol. The van der Waals surface area contributed by atoms with Crippen molar-refractivity contribution in [3.63, 3.8) is 0 Å². The van der Waals surface area contributed by atoms with Crippen LogP contribution in [0.2, 0.25) is 0 Å². The number of anilines is 1. The van der Waals surface area contributed by atoms with E-state index in [-0.39, 0.29) is 17.9 Å². The number of rotatable bonds is 5. The Hall–Kier alpha value is -3.28. The van der Waals surface area contributed by atoms with Crippen molar-refractivity contribution in [1.29, 1.82) is 0 Å². The van der Waals surface area contributed by atoms with Gasteiger partial charge in [-0.25, -0.2) is 0 Å². The van der Waals surface area contributed by atoms with Crippen LogP contribution in [-0.4, -0.2) is 35.1 Å². The van der Waals surface area contributed by atoms with Crippen molar-refractivity contribution in [3.8, 4) is 5.75 Å². The van der Waals surface area contributed by atoms with Crippen LogP contribution >= 0.6 is 0 Å². The average Bonchev–Trinajstić information content (AvgIpc) is 3.23. The zero-order valence-electron chi connectivity index (χ0n) is 21.7. The first-order valence-corrected chi connectivity index (χ1v) is 13.4. The first kappa shape index (κ1) is 24.4. The molecule has 6 heteroatoms. The van der Waals surface area contributed by atoms with Gasteiger partial charge >= 0.3 is 0 Å². The molecule has 1 atom stereocenters. The fourth-order valence-electron chi connectivity index (χ4n) is 5.82. The minimum absolute atomic E-state index is 0.0867. The van der Waals surface area contributed by atoms with E-state index in [1.807, 2.05) is 60.0 Å². The molecular weight excluding hydrogens is 450 g/mol. The van der Waals surface area contributed by atoms with E-state index in [2.05, 4.69) is 12.2 Å². The third kappa shape index (κ3) is 4.38. The number of carbonyl (C=O) groups excluding carboxylic acids is 2. The monoisotopic (exact) mass is 487 g/mol. The van der Waals surface area contributed by atoms with E-state index in [0.717, 1.165) is 54.4 Å². The van der Waals surface area contributed by atoms with Gasteiger partial charge in [0.25, 0.3) is 5.91 Å². The first-order chi connectivity index (χ1) is 17.4. The number of hydrogen-bond donors (Lipinski definition) is 1. The number of aryl methyl sites for hydroxylation is 1. The normalized spacial score (nSPS) is 21.1. The van der Waals surface area contributed by atoms with Crippen molar-refractivity contribution in [2.45, 2.75) is 83.3 Å². The van der Waals surface area contributed by atoms with E-state index in [9.17, 15) is 9.59 Å². The Balaban J connectivity index is 1.57. The number of hydrogen-bond acceptors (Lipinski definition) is 3. The van der Waals surface area contributed by atoms with Crippen LogP contribution in [0.25, 0.3) is 10.9 Å². The minimum Gasteiger partial charge on any atom is -0.497 e. The van der Waals surface area contributed by atoms with Crippen LogP contribution in [-0.2, 0) is 17.8 Å². The SMILES string of the molecule is CCc1ccc(N2C(=O)c3cc4ccc(OC)cc4n3CC2(C)C(=O)NC2CCCCCCC2)cc1. The van der Waals surface area contributed by atoms with E-state index < -0.39 is 5.54 Å². The molecule has 1 saturated carbocycles. The highest BCUT2D eigenvalue weighted by molar-refractivity contribution is 6.14. The summed E-state index contributed by atoms with van der Waals surface area (Å²) in [7, 11) is 1.64. The highest BCUT2D eigenvalue weighted by atomic mass is 16.5. The fraction of sp³-hybridized carbons (Fsp3) is 0.467. The molecule has 1 N–H and O–H groups in total. The number of nitrogens with zero attached hydrogens (tertiary/aromatic N) is 2. The van der Waals surface area contributed by atoms with E-state index in [0.29, 0.717) is 12.2 Å². The second-order valence-corrected chi connectivity index (χ2v) is 10.5. The molecule has 36 heavy (non-hydrogen) atoms. The molecule has 190 valence electrons. The van der Waals surface area contributed by atoms with E-state index in [4.69, 9.17) is 4.74 Å². The molecule has 5 rings (SSSR count). The van der Waals surface area contributed by atoms with Crippen LogP contribution < -0.4 is 15.0 Å². The Bertz CT molecular complexity index is 1250. The molecule has 0 spiro atoms. The summed E-state index contributed by atoms with van der Waals surface area (Å²) in [5.41, 5.74) is 2.37. The average molecular weight is 488 g/mol. The lowest BCUT2D eigenvalue weighted by Crippen LogP contribution is -2.65. The number of nitrogens with one attached hydrogen (secondary N) is 1. The molecule has 2 amide bonds. The zero-order chi connectivity index (χ0) is 25.3. The Kier molecular flexibility index (Phi) is 6.78. The van der Waals surface area contributed by atoms with Crippen molar-refractivity contribution in [2.75, 3.05) is 12.0 Å². The van der Waals surface area contributed by atoms with Gasteiger partial charge in [0.2, 0.25) is 5.91 Å². The first-order valence-electron chi connectivity index (χ1n) is 13.4. The van der Waals surface area contributed by atoms with Crippen LogP contribution in [0.3, 0.4) is 0 Å². The van der Waals surface area contributed by atoms with Gasteiger partial charge < -0.3 is 14.6 Å². The smallest absolute Gasteiger partial charge is 0.275 e. The highest BCUT2D eigenvalue weighted by Crippen LogP contribution is 2.37. The highest BCUT2D eigenvalue weighted by Gasteiger charge is 2.49. The van der Waals surface area contributed by atoms with Gasteiger partial charge in [-0.3, -0.25) is 14.5 Å². The van der Waals surface area contributed by atoms with Gasteiger partial charge in [-0.1, -0.05) is 51.2 Å².